The van der Waals surface area contributed by atoms with Crippen LogP contribution in [0.15, 0.2) is 47.5 Å². The van der Waals surface area contributed by atoms with E-state index in [1.165, 1.54) is 38.1 Å². The Kier molecular flexibility index (Phi) is 6.75. The number of nitrogens with one attached hydrogen (secondary N) is 1. The summed E-state index contributed by atoms with van der Waals surface area (Å²) in [5.41, 5.74) is -0.835. The van der Waals surface area contributed by atoms with Crippen LogP contribution in [0.2, 0.25) is 0 Å². The van der Waals surface area contributed by atoms with Crippen molar-refractivity contribution in [2.45, 2.75) is 69.9 Å². The van der Waals surface area contributed by atoms with Gasteiger partial charge in [-0.1, -0.05) is 32.9 Å². The maximum atomic E-state index is 14.5. The fraction of sp³-hybridized carbons (Fsp3) is 0.444. The zero-order valence-electron chi connectivity index (χ0n) is 21.8. The Hall–Kier alpha value is -2.82. The lowest BCUT2D eigenvalue weighted by molar-refractivity contribution is 0.0857. The van der Waals surface area contributed by atoms with Crippen molar-refractivity contribution < 1.29 is 22.3 Å². The van der Waals surface area contributed by atoms with E-state index in [0.29, 0.717) is 17.8 Å². The van der Waals surface area contributed by atoms with Gasteiger partial charge in [0.15, 0.2) is 5.03 Å². The number of sulfonamides is 1. The maximum absolute atomic E-state index is 14.5. The van der Waals surface area contributed by atoms with E-state index in [4.69, 9.17) is 0 Å². The van der Waals surface area contributed by atoms with Crippen molar-refractivity contribution in [3.63, 3.8) is 0 Å². The Balaban J connectivity index is 1.86. The van der Waals surface area contributed by atoms with E-state index >= 15 is 0 Å². The molecule has 4 rings (SSSR count). The van der Waals surface area contributed by atoms with Crippen LogP contribution < -0.4 is 4.72 Å². The molecule has 1 aliphatic carbocycles. The van der Waals surface area contributed by atoms with Gasteiger partial charge in [0.25, 0.3) is 10.0 Å². The first kappa shape index (κ1) is 27.2. The summed E-state index contributed by atoms with van der Waals surface area (Å²) in [7, 11) is -4.00. The third-order valence-corrected chi connectivity index (χ3v) is 8.97. The van der Waals surface area contributed by atoms with E-state index in [1.54, 1.807) is 18.2 Å². The summed E-state index contributed by atoms with van der Waals surface area (Å²) in [4.78, 5) is 4.55. The monoisotopic (exact) mass is 530 g/mol. The van der Waals surface area contributed by atoms with Crippen molar-refractivity contribution in [3.05, 3.63) is 71.1 Å². The molecule has 2 heterocycles. The molecule has 3 aromatic rings. The lowest BCUT2D eigenvalue weighted by atomic mass is 9.62. The average molecular weight is 531 g/mol. The van der Waals surface area contributed by atoms with Crippen LogP contribution in [-0.4, -0.2) is 40.9 Å². The van der Waals surface area contributed by atoms with E-state index in [0.717, 1.165) is 5.56 Å². The summed E-state index contributed by atoms with van der Waals surface area (Å²) in [5.74, 6) is -1.51. The molecule has 0 amide bonds. The lowest BCUT2D eigenvalue weighted by Crippen LogP contribution is -2.41. The van der Waals surface area contributed by atoms with Gasteiger partial charge in [0, 0.05) is 6.54 Å². The number of benzene rings is 1. The smallest absolute Gasteiger partial charge is 0.258 e. The van der Waals surface area contributed by atoms with Crippen molar-refractivity contribution in [2.75, 3.05) is 6.54 Å². The van der Waals surface area contributed by atoms with Gasteiger partial charge in [-0.25, -0.2) is 26.9 Å². The molecule has 10 heteroatoms. The van der Waals surface area contributed by atoms with E-state index in [9.17, 15) is 22.3 Å². The zero-order valence-corrected chi connectivity index (χ0v) is 22.6. The second-order valence-corrected chi connectivity index (χ2v) is 12.6. The van der Waals surface area contributed by atoms with Gasteiger partial charge < -0.3 is 5.11 Å². The fourth-order valence-electron chi connectivity index (χ4n) is 5.34. The molecule has 0 saturated carbocycles. The Bertz CT molecular complexity index is 1430. The van der Waals surface area contributed by atoms with Gasteiger partial charge in [-0.3, -0.25) is 0 Å². The number of pyridine rings is 1. The quantitative estimate of drug-likeness (QED) is 0.459. The number of hydrogen-bond donors (Lipinski definition) is 2. The summed E-state index contributed by atoms with van der Waals surface area (Å²) >= 11 is 0. The molecule has 2 atom stereocenters. The number of nitrogens with zero attached hydrogens (tertiary/aromatic N) is 3. The van der Waals surface area contributed by atoms with Crippen molar-refractivity contribution in [2.24, 2.45) is 5.41 Å². The largest absolute Gasteiger partial charge is 0.389 e. The van der Waals surface area contributed by atoms with E-state index in [2.05, 4.69) is 33.8 Å². The topological polar surface area (TPSA) is 105 Å². The number of aromatic nitrogens is 3. The molecule has 2 unspecified atom stereocenters. The normalized spacial score (nSPS) is 21.2. The van der Waals surface area contributed by atoms with Crippen molar-refractivity contribution in [1.82, 2.24) is 19.9 Å². The van der Waals surface area contributed by atoms with Crippen LogP contribution in [0.3, 0.4) is 0 Å². The van der Waals surface area contributed by atoms with E-state index in [1.807, 2.05) is 13.8 Å². The summed E-state index contributed by atoms with van der Waals surface area (Å²) in [6.07, 6.45) is 0.714. The van der Waals surface area contributed by atoms with Crippen LogP contribution in [0, 0.1) is 17.0 Å². The summed E-state index contributed by atoms with van der Waals surface area (Å²) in [5, 5.41) is 18.5. The number of fused-ring (bicyclic) bond motifs is 1. The van der Waals surface area contributed by atoms with Crippen molar-refractivity contribution >= 4 is 10.0 Å². The Morgan fingerprint density at radius 1 is 1.05 bits per heavy atom. The molecule has 0 aliphatic heterocycles. The Morgan fingerprint density at radius 2 is 1.68 bits per heavy atom. The van der Waals surface area contributed by atoms with Gasteiger partial charge >= 0.3 is 0 Å². The molecular weight excluding hydrogens is 498 g/mol. The van der Waals surface area contributed by atoms with Crippen molar-refractivity contribution in [3.8, 4) is 11.3 Å². The lowest BCUT2D eigenvalue weighted by Gasteiger charge is -2.41. The Morgan fingerprint density at radius 3 is 2.27 bits per heavy atom. The van der Waals surface area contributed by atoms with Gasteiger partial charge in [-0.05, 0) is 74.4 Å². The van der Waals surface area contributed by atoms with Gasteiger partial charge in [-0.15, -0.1) is 5.10 Å². The van der Waals surface area contributed by atoms with Gasteiger partial charge in [0.1, 0.15) is 11.6 Å². The molecule has 2 aromatic heterocycles. The molecule has 0 fully saturated rings. The van der Waals surface area contributed by atoms with Crippen LogP contribution in [-0.2, 0) is 15.4 Å². The second kappa shape index (κ2) is 9.18. The minimum Gasteiger partial charge on any atom is -0.389 e. The first-order valence-electron chi connectivity index (χ1n) is 12.2. The molecule has 198 valence electrons. The fourth-order valence-corrected chi connectivity index (χ4v) is 6.51. The molecule has 0 saturated heterocycles. The highest BCUT2D eigenvalue weighted by Gasteiger charge is 2.57. The van der Waals surface area contributed by atoms with Gasteiger partial charge in [0.05, 0.1) is 33.7 Å². The second-order valence-electron chi connectivity index (χ2n) is 10.9. The van der Waals surface area contributed by atoms with Crippen LogP contribution in [0.5, 0.6) is 0 Å². The van der Waals surface area contributed by atoms with Crippen LogP contribution in [0.1, 0.15) is 70.8 Å². The molecular formula is C27H32F2N4O3S. The summed E-state index contributed by atoms with van der Waals surface area (Å²) in [6, 6.07) is 10.1. The molecule has 7 nitrogen and oxygen atoms in total. The SMILES string of the molecule is CCC1c2cc(-c3c(F)cccc3F)nnc2C(C)(c2cccc(S(=O)(=O)NCC(C)(C)O)n2)C1(C)C. The summed E-state index contributed by atoms with van der Waals surface area (Å²) < 4.78 is 57.4. The predicted molar refractivity (Wildman–Crippen MR) is 136 cm³/mol. The zero-order chi connectivity index (χ0) is 27.4. The third kappa shape index (κ3) is 4.55. The van der Waals surface area contributed by atoms with Crippen LogP contribution >= 0.6 is 0 Å². The van der Waals surface area contributed by atoms with Crippen LogP contribution in [0.4, 0.5) is 8.78 Å². The summed E-state index contributed by atoms with van der Waals surface area (Å²) in [6.45, 7) is 10.9. The minimum atomic E-state index is -4.00. The van der Waals surface area contributed by atoms with E-state index < -0.39 is 38.1 Å². The Labute approximate surface area is 216 Å². The molecule has 2 N–H and O–H groups in total. The number of halogens is 2. The molecule has 1 aliphatic rings. The molecule has 0 bridgehead atoms. The number of hydrogen-bond acceptors (Lipinski definition) is 6. The predicted octanol–water partition coefficient (Wildman–Crippen LogP) is 4.71. The highest BCUT2D eigenvalue weighted by molar-refractivity contribution is 7.89. The highest BCUT2D eigenvalue weighted by Crippen LogP contribution is 2.61. The first-order chi connectivity index (χ1) is 17.1. The number of aliphatic hydroxyl groups is 1. The first-order valence-corrected chi connectivity index (χ1v) is 13.6. The van der Waals surface area contributed by atoms with Gasteiger partial charge in [-0.2, -0.15) is 5.10 Å². The third-order valence-electron chi connectivity index (χ3n) is 7.67. The highest BCUT2D eigenvalue weighted by atomic mass is 32.2. The molecule has 1 aromatic carbocycles. The molecule has 37 heavy (non-hydrogen) atoms. The van der Waals surface area contributed by atoms with Crippen molar-refractivity contribution in [1.29, 1.82) is 0 Å². The minimum absolute atomic E-state index is 0.0630. The molecule has 0 spiro atoms. The number of rotatable bonds is 7. The standard InChI is InChI=1S/C27H32F2N4O3S/c1-7-17-16-14-20(23-18(28)10-8-11-19(23)29)32-33-24(16)27(6,26(17,4)5)21-12-9-13-22(31-21)37(35,36)30-15-25(2,3)34/h8-14,17,30,34H,7,15H2,1-6H3. The van der Waals surface area contributed by atoms with E-state index in [-0.39, 0.29) is 28.7 Å². The molecule has 0 radical (unpaired) electrons. The average Bonchev–Trinajstić information content (AvgIpc) is 2.99. The van der Waals surface area contributed by atoms with Crippen LogP contribution in [0.25, 0.3) is 11.3 Å². The van der Waals surface area contributed by atoms with Gasteiger partial charge in [0.2, 0.25) is 0 Å². The maximum Gasteiger partial charge on any atom is 0.258 e.